The zero-order chi connectivity index (χ0) is 31.8. The van der Waals surface area contributed by atoms with Crippen LogP contribution in [0.25, 0.3) is 0 Å². The van der Waals surface area contributed by atoms with Crippen molar-refractivity contribution >= 4 is 11.9 Å². The molecule has 10 atom stereocenters. The second kappa shape index (κ2) is 13.2. The molecule has 0 amide bonds. The molecule has 4 nitrogen and oxygen atoms in total. The number of benzene rings is 2. The summed E-state index contributed by atoms with van der Waals surface area (Å²) in [6.45, 7) is 12.3. The van der Waals surface area contributed by atoms with E-state index in [1.807, 2.05) is 60.7 Å². The van der Waals surface area contributed by atoms with Gasteiger partial charge < -0.3 is 9.47 Å². The molecule has 2 aromatic carbocycles. The molecule has 0 aliphatic heterocycles. The molecule has 0 saturated heterocycles. The van der Waals surface area contributed by atoms with Gasteiger partial charge in [-0.2, -0.15) is 0 Å². The van der Waals surface area contributed by atoms with E-state index in [0.717, 1.165) is 31.6 Å². The third-order valence-corrected chi connectivity index (χ3v) is 13.3. The van der Waals surface area contributed by atoms with Gasteiger partial charge in [0.1, 0.15) is 12.2 Å². The van der Waals surface area contributed by atoms with Crippen molar-refractivity contribution in [3.63, 3.8) is 0 Å². The molecule has 0 radical (unpaired) electrons. The number of hydrogen-bond donors (Lipinski definition) is 0. The van der Waals surface area contributed by atoms with Gasteiger partial charge in [0.05, 0.1) is 11.1 Å². The first kappa shape index (κ1) is 32.3. The van der Waals surface area contributed by atoms with Gasteiger partial charge in [0.15, 0.2) is 0 Å². The molecule has 0 unspecified atom stereocenters. The van der Waals surface area contributed by atoms with Crippen molar-refractivity contribution in [2.45, 2.75) is 117 Å². The summed E-state index contributed by atoms with van der Waals surface area (Å²) >= 11 is 0. The van der Waals surface area contributed by atoms with Gasteiger partial charge in [-0.3, -0.25) is 0 Å². The van der Waals surface area contributed by atoms with Crippen LogP contribution in [0.3, 0.4) is 0 Å². The minimum absolute atomic E-state index is 0.00307. The average molecular weight is 613 g/mol. The Morgan fingerprint density at radius 2 is 1.38 bits per heavy atom. The van der Waals surface area contributed by atoms with Crippen LogP contribution in [0.5, 0.6) is 0 Å². The first-order chi connectivity index (χ1) is 21.6. The normalized spacial score (nSPS) is 36.4. The lowest BCUT2D eigenvalue weighted by Crippen LogP contribution is -2.56. The summed E-state index contributed by atoms with van der Waals surface area (Å²) < 4.78 is 12.7. The Kier molecular flexibility index (Phi) is 9.51. The molecule has 0 spiro atoms. The SMILES string of the molecule is CC(C)CCC[C@H](C)[C@H]1C[C@H](OC(=O)c2ccccc2)[C@H]2[C@@H]3CC[C@H]4C[C@@H](OC(=O)c5ccccc5)CC[C@]4(C)[C@H]3CC[C@@]21C. The highest BCUT2D eigenvalue weighted by atomic mass is 16.5. The Balaban J connectivity index is 1.21. The van der Waals surface area contributed by atoms with E-state index in [9.17, 15) is 9.59 Å². The Morgan fingerprint density at radius 3 is 2.02 bits per heavy atom. The van der Waals surface area contributed by atoms with Gasteiger partial charge in [0.2, 0.25) is 0 Å². The molecule has 0 N–H and O–H groups in total. The molecular weight excluding hydrogens is 556 g/mol. The van der Waals surface area contributed by atoms with E-state index in [2.05, 4.69) is 34.6 Å². The third kappa shape index (κ3) is 6.37. The number of esters is 2. The lowest BCUT2D eigenvalue weighted by molar-refractivity contribution is -0.144. The zero-order valence-electron chi connectivity index (χ0n) is 28.4. The van der Waals surface area contributed by atoms with Crippen LogP contribution in [0.15, 0.2) is 60.7 Å². The number of fused-ring (bicyclic) bond motifs is 5. The predicted octanol–water partition coefficient (Wildman–Crippen LogP) is 10.2. The van der Waals surface area contributed by atoms with Gasteiger partial charge in [-0.1, -0.05) is 90.3 Å². The van der Waals surface area contributed by atoms with E-state index in [0.29, 0.717) is 46.6 Å². The van der Waals surface area contributed by atoms with Crippen LogP contribution in [-0.2, 0) is 9.47 Å². The van der Waals surface area contributed by atoms with Crippen molar-refractivity contribution in [2.24, 2.45) is 52.3 Å². The Hall–Kier alpha value is -2.62. The van der Waals surface area contributed by atoms with E-state index in [-0.39, 0.29) is 35.0 Å². The highest BCUT2D eigenvalue weighted by Crippen LogP contribution is 2.69. The van der Waals surface area contributed by atoms with Gasteiger partial charge in [0, 0.05) is 5.92 Å². The van der Waals surface area contributed by atoms with Gasteiger partial charge in [-0.05, 0) is 122 Å². The second-order valence-electron chi connectivity index (χ2n) is 16.2. The van der Waals surface area contributed by atoms with Crippen LogP contribution < -0.4 is 0 Å². The number of ether oxygens (including phenoxy) is 2. The van der Waals surface area contributed by atoms with Crippen molar-refractivity contribution in [3.05, 3.63) is 71.8 Å². The number of hydrogen-bond acceptors (Lipinski definition) is 4. The molecule has 0 bridgehead atoms. The van der Waals surface area contributed by atoms with Crippen molar-refractivity contribution in [2.75, 3.05) is 0 Å². The van der Waals surface area contributed by atoms with Crippen molar-refractivity contribution in [1.29, 1.82) is 0 Å². The van der Waals surface area contributed by atoms with E-state index >= 15 is 0 Å². The number of carbonyl (C=O) groups excluding carboxylic acids is 2. The smallest absolute Gasteiger partial charge is 0.338 e. The zero-order valence-corrected chi connectivity index (χ0v) is 28.4. The molecule has 0 aromatic heterocycles. The van der Waals surface area contributed by atoms with E-state index < -0.39 is 0 Å². The molecule has 4 aliphatic carbocycles. The minimum atomic E-state index is -0.186. The Labute approximate surface area is 272 Å². The molecule has 4 heteroatoms. The maximum Gasteiger partial charge on any atom is 0.338 e. The molecular formula is C41H56O4. The summed E-state index contributed by atoms with van der Waals surface area (Å²) in [5.41, 5.74) is 1.76. The van der Waals surface area contributed by atoms with Crippen LogP contribution >= 0.6 is 0 Å². The fourth-order valence-corrected chi connectivity index (χ4v) is 11.0. The largest absolute Gasteiger partial charge is 0.459 e. The second-order valence-corrected chi connectivity index (χ2v) is 16.2. The summed E-state index contributed by atoms with van der Waals surface area (Å²) in [6.07, 6.45) is 12.7. The molecule has 45 heavy (non-hydrogen) atoms. The summed E-state index contributed by atoms with van der Waals surface area (Å²) in [5.74, 6) is 3.82. The van der Waals surface area contributed by atoms with Gasteiger partial charge in [-0.15, -0.1) is 0 Å². The van der Waals surface area contributed by atoms with Crippen LogP contribution in [0, 0.1) is 52.3 Å². The summed E-state index contributed by atoms with van der Waals surface area (Å²) in [7, 11) is 0. The standard InChI is InChI=1S/C41H56O4/c1-27(2)13-12-14-28(3)35-26-36(45-39(43)30-17-10-7-11-18-30)37-33-20-19-31-25-32(44-38(42)29-15-8-6-9-16-29)21-23-40(31,4)34(33)22-24-41(35,37)5/h6-11,15-18,27-28,31-37H,12-14,19-26H2,1-5H3/t28-,31-,32-,33+,34-,35+,36-,37+,40-,41+/m0/s1. The molecule has 4 aliphatic rings. The van der Waals surface area contributed by atoms with E-state index in [1.165, 1.54) is 44.9 Å². The van der Waals surface area contributed by atoms with Gasteiger partial charge in [-0.25, -0.2) is 9.59 Å². The monoisotopic (exact) mass is 612 g/mol. The molecule has 2 aromatic rings. The quantitative estimate of drug-likeness (QED) is 0.264. The predicted molar refractivity (Wildman–Crippen MR) is 180 cm³/mol. The Morgan fingerprint density at radius 1 is 0.756 bits per heavy atom. The van der Waals surface area contributed by atoms with Crippen LogP contribution in [0.2, 0.25) is 0 Å². The maximum absolute atomic E-state index is 13.5. The lowest BCUT2D eigenvalue weighted by atomic mass is 9.44. The first-order valence-corrected chi connectivity index (χ1v) is 18.1. The van der Waals surface area contributed by atoms with Gasteiger partial charge in [0.25, 0.3) is 0 Å². The fraction of sp³-hybridized carbons (Fsp3) is 0.659. The van der Waals surface area contributed by atoms with Crippen LogP contribution in [0.4, 0.5) is 0 Å². The molecule has 244 valence electrons. The molecule has 4 fully saturated rings. The summed E-state index contributed by atoms with van der Waals surface area (Å²) in [4.78, 5) is 26.4. The third-order valence-electron chi connectivity index (χ3n) is 13.3. The lowest BCUT2D eigenvalue weighted by Gasteiger charge is -2.61. The highest BCUT2D eigenvalue weighted by Gasteiger charge is 2.64. The molecule has 4 saturated carbocycles. The van der Waals surface area contributed by atoms with E-state index in [4.69, 9.17) is 9.47 Å². The summed E-state index contributed by atoms with van der Waals surface area (Å²) in [6, 6.07) is 19.0. The topological polar surface area (TPSA) is 52.6 Å². The van der Waals surface area contributed by atoms with Crippen molar-refractivity contribution in [3.8, 4) is 0 Å². The molecule has 6 rings (SSSR count). The van der Waals surface area contributed by atoms with Crippen molar-refractivity contribution in [1.82, 2.24) is 0 Å². The van der Waals surface area contributed by atoms with Crippen LogP contribution in [-0.4, -0.2) is 24.1 Å². The average Bonchev–Trinajstić information content (AvgIpc) is 3.33. The maximum atomic E-state index is 13.5. The highest BCUT2D eigenvalue weighted by molar-refractivity contribution is 5.89. The first-order valence-electron chi connectivity index (χ1n) is 18.1. The fourth-order valence-electron chi connectivity index (χ4n) is 11.0. The van der Waals surface area contributed by atoms with Gasteiger partial charge >= 0.3 is 11.9 Å². The van der Waals surface area contributed by atoms with Crippen LogP contribution in [0.1, 0.15) is 126 Å². The number of carbonyl (C=O) groups is 2. The molecule has 0 heterocycles. The minimum Gasteiger partial charge on any atom is -0.459 e. The van der Waals surface area contributed by atoms with Crippen molar-refractivity contribution < 1.29 is 19.1 Å². The number of rotatable bonds is 9. The Bertz CT molecular complexity index is 1310. The summed E-state index contributed by atoms with van der Waals surface area (Å²) in [5, 5.41) is 0. The van der Waals surface area contributed by atoms with E-state index in [1.54, 1.807) is 0 Å².